The normalized spacial score (nSPS) is 22.9. The van der Waals surface area contributed by atoms with Gasteiger partial charge in [0, 0.05) is 17.8 Å². The maximum absolute atomic E-state index is 12.8. The first-order valence-corrected chi connectivity index (χ1v) is 7.09. The second-order valence-electron chi connectivity index (χ2n) is 5.77. The van der Waals surface area contributed by atoms with Crippen molar-refractivity contribution in [1.29, 1.82) is 0 Å². The van der Waals surface area contributed by atoms with Gasteiger partial charge in [0.15, 0.2) is 0 Å². The SMILES string of the molecule is Cc1[nH]c(C(=O)O)c(C)c1C(=O)N1C(C)CCCC1C. The molecule has 20 heavy (non-hydrogen) atoms. The van der Waals surface area contributed by atoms with E-state index in [9.17, 15) is 9.59 Å². The van der Waals surface area contributed by atoms with Crippen LogP contribution in [0.1, 0.15) is 65.2 Å². The summed E-state index contributed by atoms with van der Waals surface area (Å²) in [6, 6.07) is 0.404. The number of aryl methyl sites for hydroxylation is 1. The molecule has 0 spiro atoms. The monoisotopic (exact) mass is 278 g/mol. The Labute approximate surface area is 119 Å². The van der Waals surface area contributed by atoms with Crippen molar-refractivity contribution in [2.45, 2.75) is 59.0 Å². The first kappa shape index (κ1) is 14.6. The molecule has 2 heterocycles. The third-order valence-corrected chi connectivity index (χ3v) is 4.29. The molecular formula is C15H22N2O3. The Morgan fingerprint density at radius 1 is 1.20 bits per heavy atom. The van der Waals surface area contributed by atoms with E-state index in [1.807, 2.05) is 4.90 Å². The van der Waals surface area contributed by atoms with Crippen molar-refractivity contribution in [2.24, 2.45) is 0 Å². The molecule has 1 aromatic heterocycles. The van der Waals surface area contributed by atoms with Crippen molar-refractivity contribution >= 4 is 11.9 Å². The molecule has 1 amide bonds. The van der Waals surface area contributed by atoms with Crippen molar-refractivity contribution in [3.63, 3.8) is 0 Å². The van der Waals surface area contributed by atoms with E-state index >= 15 is 0 Å². The minimum Gasteiger partial charge on any atom is -0.477 e. The van der Waals surface area contributed by atoms with Crippen LogP contribution in [0.15, 0.2) is 0 Å². The highest BCUT2D eigenvalue weighted by molar-refractivity contribution is 6.01. The molecule has 0 bridgehead atoms. The zero-order chi connectivity index (χ0) is 15.0. The van der Waals surface area contributed by atoms with E-state index in [2.05, 4.69) is 18.8 Å². The molecular weight excluding hydrogens is 256 g/mol. The number of rotatable bonds is 2. The number of carbonyl (C=O) groups excluding carboxylic acids is 1. The fraction of sp³-hybridized carbons (Fsp3) is 0.600. The molecule has 1 aliphatic heterocycles. The smallest absolute Gasteiger partial charge is 0.352 e. The number of piperidine rings is 1. The van der Waals surface area contributed by atoms with Crippen molar-refractivity contribution in [3.8, 4) is 0 Å². The van der Waals surface area contributed by atoms with Crippen LogP contribution in [0.2, 0.25) is 0 Å². The molecule has 1 aromatic rings. The number of hydrogen-bond acceptors (Lipinski definition) is 2. The highest BCUT2D eigenvalue weighted by atomic mass is 16.4. The molecule has 1 saturated heterocycles. The molecule has 0 aromatic carbocycles. The summed E-state index contributed by atoms with van der Waals surface area (Å²) < 4.78 is 0. The van der Waals surface area contributed by atoms with Gasteiger partial charge in [-0.3, -0.25) is 4.79 Å². The molecule has 5 heteroatoms. The summed E-state index contributed by atoms with van der Waals surface area (Å²) in [5.41, 5.74) is 1.80. The topological polar surface area (TPSA) is 73.4 Å². The lowest BCUT2D eigenvalue weighted by Gasteiger charge is -2.39. The quantitative estimate of drug-likeness (QED) is 0.873. The molecule has 0 radical (unpaired) electrons. The molecule has 110 valence electrons. The number of amides is 1. The van der Waals surface area contributed by atoms with Crippen LogP contribution < -0.4 is 0 Å². The predicted molar refractivity (Wildman–Crippen MR) is 76.2 cm³/mol. The summed E-state index contributed by atoms with van der Waals surface area (Å²) in [5, 5.41) is 9.14. The number of aromatic amines is 1. The second-order valence-corrected chi connectivity index (χ2v) is 5.77. The minimum atomic E-state index is -1.02. The summed E-state index contributed by atoms with van der Waals surface area (Å²) >= 11 is 0. The fourth-order valence-electron chi connectivity index (χ4n) is 3.24. The van der Waals surface area contributed by atoms with Gasteiger partial charge in [-0.05, 0) is 52.5 Å². The fourth-order valence-corrected chi connectivity index (χ4v) is 3.24. The maximum Gasteiger partial charge on any atom is 0.352 e. The van der Waals surface area contributed by atoms with Crippen molar-refractivity contribution in [3.05, 3.63) is 22.5 Å². The first-order chi connectivity index (χ1) is 9.34. The molecule has 1 fully saturated rings. The molecule has 0 aliphatic carbocycles. The van der Waals surface area contributed by atoms with Gasteiger partial charge in [-0.2, -0.15) is 0 Å². The summed E-state index contributed by atoms with van der Waals surface area (Å²) in [6.45, 7) is 7.57. The van der Waals surface area contributed by atoms with Gasteiger partial charge in [-0.1, -0.05) is 0 Å². The average Bonchev–Trinajstić information content (AvgIpc) is 2.64. The third kappa shape index (κ3) is 2.32. The van der Waals surface area contributed by atoms with E-state index in [0.717, 1.165) is 19.3 Å². The maximum atomic E-state index is 12.8. The summed E-state index contributed by atoms with van der Waals surface area (Å²) in [5.74, 6) is -1.08. The van der Waals surface area contributed by atoms with Gasteiger partial charge in [0.05, 0.1) is 5.56 Å². The number of nitrogens with one attached hydrogen (secondary N) is 1. The van der Waals surface area contributed by atoms with Crippen LogP contribution in [-0.2, 0) is 0 Å². The van der Waals surface area contributed by atoms with Crippen molar-refractivity contribution in [2.75, 3.05) is 0 Å². The summed E-state index contributed by atoms with van der Waals surface area (Å²) in [6.07, 6.45) is 3.15. The number of H-pyrrole nitrogens is 1. The lowest BCUT2D eigenvalue weighted by molar-refractivity contribution is 0.0509. The molecule has 0 saturated carbocycles. The number of aromatic carboxylic acids is 1. The second kappa shape index (κ2) is 5.31. The Kier molecular flexibility index (Phi) is 3.88. The van der Waals surface area contributed by atoms with Gasteiger partial charge in [-0.15, -0.1) is 0 Å². The zero-order valence-corrected chi connectivity index (χ0v) is 12.5. The van der Waals surface area contributed by atoms with E-state index in [4.69, 9.17) is 5.11 Å². The Hall–Kier alpha value is -1.78. The van der Waals surface area contributed by atoms with Gasteiger partial charge in [0.2, 0.25) is 0 Å². The summed E-state index contributed by atoms with van der Waals surface area (Å²) in [7, 11) is 0. The van der Waals surface area contributed by atoms with Gasteiger partial charge in [0.1, 0.15) is 5.69 Å². The molecule has 2 unspecified atom stereocenters. The van der Waals surface area contributed by atoms with Crippen LogP contribution >= 0.6 is 0 Å². The highest BCUT2D eigenvalue weighted by Gasteiger charge is 2.32. The van der Waals surface area contributed by atoms with Crippen LogP contribution in [0.4, 0.5) is 0 Å². The Bertz CT molecular complexity index is 538. The number of likely N-dealkylation sites (tertiary alicyclic amines) is 1. The lowest BCUT2D eigenvalue weighted by Crippen LogP contribution is -2.47. The largest absolute Gasteiger partial charge is 0.477 e. The first-order valence-electron chi connectivity index (χ1n) is 7.09. The molecule has 1 aliphatic rings. The standard InChI is InChI=1S/C15H22N2O3/c1-8-6-5-7-9(2)17(8)14(18)12-10(3)13(15(19)20)16-11(12)4/h8-9,16H,5-7H2,1-4H3,(H,19,20). The number of aromatic nitrogens is 1. The van der Waals surface area contributed by atoms with Gasteiger partial charge in [0.25, 0.3) is 5.91 Å². The highest BCUT2D eigenvalue weighted by Crippen LogP contribution is 2.27. The lowest BCUT2D eigenvalue weighted by atomic mass is 9.95. The van der Waals surface area contributed by atoms with E-state index < -0.39 is 5.97 Å². The third-order valence-electron chi connectivity index (χ3n) is 4.29. The number of nitrogens with zero attached hydrogens (tertiary/aromatic N) is 1. The van der Waals surface area contributed by atoms with E-state index in [1.165, 1.54) is 0 Å². The van der Waals surface area contributed by atoms with Crippen LogP contribution in [0, 0.1) is 13.8 Å². The zero-order valence-electron chi connectivity index (χ0n) is 12.5. The van der Waals surface area contributed by atoms with Gasteiger partial charge in [-0.25, -0.2) is 4.79 Å². The van der Waals surface area contributed by atoms with Crippen LogP contribution in [0.3, 0.4) is 0 Å². The molecule has 2 rings (SSSR count). The van der Waals surface area contributed by atoms with Crippen molar-refractivity contribution < 1.29 is 14.7 Å². The van der Waals surface area contributed by atoms with Crippen LogP contribution in [-0.4, -0.2) is 39.0 Å². The number of hydrogen-bond donors (Lipinski definition) is 2. The summed E-state index contributed by atoms with van der Waals surface area (Å²) in [4.78, 5) is 28.7. The minimum absolute atomic E-state index is 0.0524. The molecule has 2 N–H and O–H groups in total. The Balaban J connectivity index is 2.40. The van der Waals surface area contributed by atoms with E-state index in [-0.39, 0.29) is 23.7 Å². The average molecular weight is 278 g/mol. The van der Waals surface area contributed by atoms with Crippen LogP contribution in [0.25, 0.3) is 0 Å². The number of carboxylic acid groups (broad SMARTS) is 1. The van der Waals surface area contributed by atoms with E-state index in [1.54, 1.807) is 13.8 Å². The number of carbonyl (C=O) groups is 2. The van der Waals surface area contributed by atoms with Gasteiger partial charge < -0.3 is 15.0 Å². The van der Waals surface area contributed by atoms with Crippen LogP contribution in [0.5, 0.6) is 0 Å². The Morgan fingerprint density at radius 2 is 1.75 bits per heavy atom. The van der Waals surface area contributed by atoms with E-state index in [0.29, 0.717) is 16.8 Å². The molecule has 2 atom stereocenters. The Morgan fingerprint density at radius 3 is 2.20 bits per heavy atom. The number of carboxylic acids is 1. The molecule has 5 nitrogen and oxygen atoms in total. The predicted octanol–water partition coefficient (Wildman–Crippen LogP) is 2.73. The van der Waals surface area contributed by atoms with Gasteiger partial charge >= 0.3 is 5.97 Å². The van der Waals surface area contributed by atoms with Crippen molar-refractivity contribution in [1.82, 2.24) is 9.88 Å².